The molecule has 0 unspecified atom stereocenters. The molecule has 0 aliphatic heterocycles. The van der Waals surface area contributed by atoms with Gasteiger partial charge in [-0.05, 0) is 59.9 Å². The number of carbonyl (C=O) groups is 1. The van der Waals surface area contributed by atoms with E-state index in [-0.39, 0.29) is 5.91 Å². The van der Waals surface area contributed by atoms with Crippen LogP contribution < -0.4 is 5.32 Å². The van der Waals surface area contributed by atoms with Gasteiger partial charge in [-0.15, -0.1) is 0 Å². The second-order valence-corrected chi connectivity index (χ2v) is 5.57. The molecule has 0 radical (unpaired) electrons. The van der Waals surface area contributed by atoms with E-state index in [1.807, 2.05) is 38.4 Å². The number of hydrogen-bond donors (Lipinski definition) is 1. The third-order valence-electron chi connectivity index (χ3n) is 2.70. The van der Waals surface area contributed by atoms with Crippen molar-refractivity contribution in [3.8, 4) is 0 Å². The van der Waals surface area contributed by atoms with E-state index in [2.05, 4.69) is 31.1 Å². The number of amides is 1. The standard InChI is InChI=1S/C15H16BrN3O/c1-19(2)10-11-3-6-13(7-4-11)18-15(20)12-5-8-14(16)17-9-12/h3-9H,10H2,1-2H3,(H,18,20). The summed E-state index contributed by atoms with van der Waals surface area (Å²) in [5.74, 6) is -0.162. The molecule has 1 amide bonds. The second-order valence-electron chi connectivity index (χ2n) is 4.76. The van der Waals surface area contributed by atoms with Crippen molar-refractivity contribution in [1.29, 1.82) is 0 Å². The Bertz CT molecular complexity index is 579. The first-order valence-corrected chi connectivity index (χ1v) is 7.00. The predicted octanol–water partition coefficient (Wildman–Crippen LogP) is 3.16. The minimum Gasteiger partial charge on any atom is -0.322 e. The summed E-state index contributed by atoms with van der Waals surface area (Å²) in [6.45, 7) is 0.880. The van der Waals surface area contributed by atoms with Crippen LogP contribution >= 0.6 is 15.9 Å². The largest absolute Gasteiger partial charge is 0.322 e. The van der Waals surface area contributed by atoms with Gasteiger partial charge in [0.05, 0.1) is 5.56 Å². The SMILES string of the molecule is CN(C)Cc1ccc(NC(=O)c2ccc(Br)nc2)cc1. The van der Waals surface area contributed by atoms with E-state index in [1.54, 1.807) is 18.3 Å². The number of aromatic nitrogens is 1. The highest BCUT2D eigenvalue weighted by atomic mass is 79.9. The maximum Gasteiger partial charge on any atom is 0.257 e. The molecule has 1 aromatic heterocycles. The van der Waals surface area contributed by atoms with Gasteiger partial charge in [-0.1, -0.05) is 12.1 Å². The van der Waals surface area contributed by atoms with E-state index in [0.29, 0.717) is 10.2 Å². The Labute approximate surface area is 127 Å². The van der Waals surface area contributed by atoms with Crippen LogP contribution in [0.2, 0.25) is 0 Å². The number of rotatable bonds is 4. The maximum atomic E-state index is 12.0. The number of anilines is 1. The molecule has 5 heteroatoms. The number of hydrogen-bond acceptors (Lipinski definition) is 3. The summed E-state index contributed by atoms with van der Waals surface area (Å²) < 4.78 is 0.710. The molecule has 1 heterocycles. The molecule has 1 N–H and O–H groups in total. The highest BCUT2D eigenvalue weighted by molar-refractivity contribution is 9.10. The minimum atomic E-state index is -0.162. The molecular weight excluding hydrogens is 318 g/mol. The minimum absolute atomic E-state index is 0.162. The molecule has 0 bridgehead atoms. The molecule has 0 spiro atoms. The molecule has 0 fully saturated rings. The quantitative estimate of drug-likeness (QED) is 0.874. The van der Waals surface area contributed by atoms with E-state index in [4.69, 9.17) is 0 Å². The zero-order valence-electron chi connectivity index (χ0n) is 11.4. The third kappa shape index (κ3) is 4.15. The summed E-state index contributed by atoms with van der Waals surface area (Å²) in [6, 6.07) is 11.3. The molecule has 0 aliphatic carbocycles. The second kappa shape index (κ2) is 6.63. The Morgan fingerprint density at radius 2 is 1.90 bits per heavy atom. The van der Waals surface area contributed by atoms with Crippen molar-refractivity contribution in [2.45, 2.75) is 6.54 Å². The van der Waals surface area contributed by atoms with Gasteiger partial charge in [0, 0.05) is 18.4 Å². The first-order chi connectivity index (χ1) is 9.54. The van der Waals surface area contributed by atoms with Crippen molar-refractivity contribution in [3.63, 3.8) is 0 Å². The highest BCUT2D eigenvalue weighted by Gasteiger charge is 2.06. The van der Waals surface area contributed by atoms with Crippen LogP contribution in [0.3, 0.4) is 0 Å². The number of nitrogens with one attached hydrogen (secondary N) is 1. The first-order valence-electron chi connectivity index (χ1n) is 6.21. The summed E-state index contributed by atoms with van der Waals surface area (Å²) in [5, 5.41) is 2.85. The molecule has 0 saturated heterocycles. The smallest absolute Gasteiger partial charge is 0.257 e. The van der Waals surface area contributed by atoms with Crippen molar-refractivity contribution < 1.29 is 4.79 Å². The van der Waals surface area contributed by atoms with E-state index in [9.17, 15) is 4.79 Å². The number of carbonyl (C=O) groups excluding carboxylic acids is 1. The Balaban J connectivity index is 2.02. The van der Waals surface area contributed by atoms with E-state index < -0.39 is 0 Å². The van der Waals surface area contributed by atoms with Gasteiger partial charge in [0.25, 0.3) is 5.91 Å². The lowest BCUT2D eigenvalue weighted by molar-refractivity contribution is 0.102. The Morgan fingerprint density at radius 1 is 1.20 bits per heavy atom. The zero-order chi connectivity index (χ0) is 14.5. The summed E-state index contributed by atoms with van der Waals surface area (Å²) >= 11 is 3.24. The molecule has 2 rings (SSSR count). The van der Waals surface area contributed by atoms with Gasteiger partial charge in [0.15, 0.2) is 0 Å². The van der Waals surface area contributed by atoms with Crippen LogP contribution in [0.5, 0.6) is 0 Å². The fraction of sp³-hybridized carbons (Fsp3) is 0.200. The molecule has 0 saturated carbocycles. The third-order valence-corrected chi connectivity index (χ3v) is 3.17. The van der Waals surface area contributed by atoms with E-state index in [0.717, 1.165) is 12.2 Å². The molecular formula is C15H16BrN3O. The lowest BCUT2D eigenvalue weighted by Crippen LogP contribution is -2.13. The van der Waals surface area contributed by atoms with Crippen LogP contribution in [-0.2, 0) is 6.54 Å². The predicted molar refractivity (Wildman–Crippen MR) is 83.7 cm³/mol. The first kappa shape index (κ1) is 14.7. The summed E-state index contributed by atoms with van der Waals surface area (Å²) in [6.07, 6.45) is 1.54. The summed E-state index contributed by atoms with van der Waals surface area (Å²) in [5.41, 5.74) is 2.52. The Hall–Kier alpha value is -1.72. The Morgan fingerprint density at radius 3 is 2.45 bits per heavy atom. The molecule has 104 valence electrons. The molecule has 2 aromatic rings. The van der Waals surface area contributed by atoms with Crippen LogP contribution in [0, 0.1) is 0 Å². The average Bonchev–Trinajstić information content (AvgIpc) is 2.41. The zero-order valence-corrected chi connectivity index (χ0v) is 13.0. The van der Waals surface area contributed by atoms with Gasteiger partial charge in [0.1, 0.15) is 4.60 Å². The summed E-state index contributed by atoms with van der Waals surface area (Å²) in [7, 11) is 4.05. The van der Waals surface area contributed by atoms with Gasteiger partial charge in [-0.25, -0.2) is 4.98 Å². The number of benzene rings is 1. The lowest BCUT2D eigenvalue weighted by atomic mass is 10.2. The van der Waals surface area contributed by atoms with E-state index in [1.165, 1.54) is 5.56 Å². The van der Waals surface area contributed by atoms with Crippen LogP contribution in [-0.4, -0.2) is 29.9 Å². The average molecular weight is 334 g/mol. The molecule has 4 nitrogen and oxygen atoms in total. The van der Waals surface area contributed by atoms with Crippen LogP contribution in [0.25, 0.3) is 0 Å². The highest BCUT2D eigenvalue weighted by Crippen LogP contribution is 2.13. The molecule has 0 aliphatic rings. The van der Waals surface area contributed by atoms with Crippen molar-refractivity contribution in [3.05, 3.63) is 58.3 Å². The van der Waals surface area contributed by atoms with Gasteiger partial charge in [-0.2, -0.15) is 0 Å². The fourth-order valence-electron chi connectivity index (χ4n) is 1.77. The number of halogens is 1. The van der Waals surface area contributed by atoms with Crippen molar-refractivity contribution in [2.75, 3.05) is 19.4 Å². The number of nitrogens with zero attached hydrogens (tertiary/aromatic N) is 2. The molecule has 20 heavy (non-hydrogen) atoms. The molecule has 0 atom stereocenters. The normalized spacial score (nSPS) is 10.6. The Kier molecular flexibility index (Phi) is 4.87. The van der Waals surface area contributed by atoms with Gasteiger partial charge >= 0.3 is 0 Å². The fourth-order valence-corrected chi connectivity index (χ4v) is 2.01. The van der Waals surface area contributed by atoms with Crippen molar-refractivity contribution in [1.82, 2.24) is 9.88 Å². The van der Waals surface area contributed by atoms with Crippen molar-refractivity contribution in [2.24, 2.45) is 0 Å². The van der Waals surface area contributed by atoms with E-state index >= 15 is 0 Å². The topological polar surface area (TPSA) is 45.2 Å². The summed E-state index contributed by atoms with van der Waals surface area (Å²) in [4.78, 5) is 18.2. The lowest BCUT2D eigenvalue weighted by Gasteiger charge is -2.10. The van der Waals surface area contributed by atoms with Gasteiger partial charge in [0.2, 0.25) is 0 Å². The monoisotopic (exact) mass is 333 g/mol. The van der Waals surface area contributed by atoms with Gasteiger partial charge < -0.3 is 10.2 Å². The van der Waals surface area contributed by atoms with Crippen LogP contribution in [0.4, 0.5) is 5.69 Å². The number of pyridine rings is 1. The van der Waals surface area contributed by atoms with Crippen LogP contribution in [0.15, 0.2) is 47.2 Å². The molecule has 1 aromatic carbocycles. The van der Waals surface area contributed by atoms with Gasteiger partial charge in [-0.3, -0.25) is 4.79 Å². The van der Waals surface area contributed by atoms with Crippen LogP contribution in [0.1, 0.15) is 15.9 Å². The maximum absolute atomic E-state index is 12.0. The van der Waals surface area contributed by atoms with Crippen molar-refractivity contribution >= 4 is 27.5 Å².